The second-order valence-corrected chi connectivity index (χ2v) is 9.36. The summed E-state index contributed by atoms with van der Waals surface area (Å²) in [6.45, 7) is 0. The molecule has 164 valence electrons. The number of aromatic amines is 1. The van der Waals surface area contributed by atoms with E-state index in [0.717, 1.165) is 34.5 Å². The monoisotopic (exact) mass is 447 g/mol. The topological polar surface area (TPSA) is 33.6 Å². The van der Waals surface area contributed by atoms with Crippen LogP contribution in [0.1, 0.15) is 11.1 Å². The highest BCUT2D eigenvalue weighted by atomic mass is 15.0. The van der Waals surface area contributed by atoms with Crippen molar-refractivity contribution in [3.8, 4) is 28.2 Å². The normalized spacial score (nSPS) is 12.5. The highest BCUT2D eigenvalue weighted by Crippen LogP contribution is 2.39. The Bertz CT molecular complexity index is 1870. The van der Waals surface area contributed by atoms with Gasteiger partial charge < -0.3 is 9.55 Å². The van der Waals surface area contributed by atoms with Crippen LogP contribution in [0.4, 0.5) is 0 Å². The van der Waals surface area contributed by atoms with Gasteiger partial charge in [0.2, 0.25) is 0 Å². The van der Waals surface area contributed by atoms with Gasteiger partial charge in [-0.2, -0.15) is 0 Å². The zero-order valence-corrected chi connectivity index (χ0v) is 19.0. The molecule has 0 atom stereocenters. The smallest absolute Gasteiger partial charge is 0.138 e. The summed E-state index contributed by atoms with van der Waals surface area (Å²) in [5.41, 5.74) is 12.2. The lowest BCUT2D eigenvalue weighted by Gasteiger charge is -2.08. The molecule has 2 aromatic heterocycles. The van der Waals surface area contributed by atoms with E-state index in [0.29, 0.717) is 0 Å². The SMILES string of the molecule is c1ccc2c(c1)Cc1cc3[nH]c(-c4ccc(-n5c6ccccc6c6ccccc65)cc4)nc3cc1-2. The van der Waals surface area contributed by atoms with E-state index < -0.39 is 0 Å². The van der Waals surface area contributed by atoms with E-state index in [1.165, 1.54) is 44.1 Å². The van der Waals surface area contributed by atoms with Gasteiger partial charge in [0.15, 0.2) is 0 Å². The lowest BCUT2D eigenvalue weighted by Crippen LogP contribution is -1.93. The van der Waals surface area contributed by atoms with Gasteiger partial charge in [0.05, 0.1) is 22.1 Å². The fourth-order valence-electron chi connectivity index (χ4n) is 5.75. The number of hydrogen-bond acceptors (Lipinski definition) is 1. The molecular weight excluding hydrogens is 426 g/mol. The fourth-order valence-corrected chi connectivity index (χ4v) is 5.75. The maximum Gasteiger partial charge on any atom is 0.138 e. The molecule has 0 unspecified atom stereocenters. The van der Waals surface area contributed by atoms with Crippen LogP contribution >= 0.6 is 0 Å². The molecule has 1 aliphatic carbocycles. The van der Waals surface area contributed by atoms with Crippen molar-refractivity contribution in [1.82, 2.24) is 14.5 Å². The molecule has 0 saturated heterocycles. The second-order valence-electron chi connectivity index (χ2n) is 9.36. The highest BCUT2D eigenvalue weighted by molar-refractivity contribution is 6.09. The Morgan fingerprint density at radius 2 is 1.31 bits per heavy atom. The van der Waals surface area contributed by atoms with Gasteiger partial charge in [-0.1, -0.05) is 60.7 Å². The van der Waals surface area contributed by atoms with E-state index in [1.54, 1.807) is 0 Å². The van der Waals surface area contributed by atoms with Crippen LogP contribution in [0.3, 0.4) is 0 Å². The Morgan fingerprint density at radius 3 is 2.09 bits per heavy atom. The molecule has 3 nitrogen and oxygen atoms in total. The number of H-pyrrole nitrogens is 1. The summed E-state index contributed by atoms with van der Waals surface area (Å²) in [4.78, 5) is 8.53. The standard InChI is InChI=1S/C32H21N3/c1-2-8-24-21(7-1)17-22-18-28-29(19-27(22)24)34-32(33-28)20-13-15-23(16-14-20)35-30-11-5-3-9-25(30)26-10-4-6-12-31(26)35/h1-16,18-19H,17H2,(H,33,34). The Morgan fingerprint density at radius 1 is 0.629 bits per heavy atom. The molecule has 0 aliphatic heterocycles. The lowest BCUT2D eigenvalue weighted by atomic mass is 10.1. The van der Waals surface area contributed by atoms with Crippen LogP contribution < -0.4 is 0 Å². The average Bonchev–Trinajstić information content (AvgIpc) is 3.58. The molecule has 0 spiro atoms. The molecule has 0 saturated carbocycles. The number of hydrogen-bond donors (Lipinski definition) is 1. The van der Waals surface area contributed by atoms with Crippen LogP contribution in [-0.4, -0.2) is 14.5 Å². The summed E-state index contributed by atoms with van der Waals surface area (Å²) in [6.07, 6.45) is 0.989. The lowest BCUT2D eigenvalue weighted by molar-refractivity contribution is 1.18. The predicted molar refractivity (Wildman–Crippen MR) is 144 cm³/mol. The molecular formula is C32H21N3. The van der Waals surface area contributed by atoms with Gasteiger partial charge >= 0.3 is 0 Å². The molecule has 0 radical (unpaired) electrons. The van der Waals surface area contributed by atoms with Crippen molar-refractivity contribution in [3.05, 3.63) is 120 Å². The number of imidazole rings is 1. The van der Waals surface area contributed by atoms with Crippen molar-refractivity contribution < 1.29 is 0 Å². The third-order valence-corrected chi connectivity index (χ3v) is 7.37. The fraction of sp³-hybridized carbons (Fsp3) is 0.0312. The maximum atomic E-state index is 4.96. The predicted octanol–water partition coefficient (Wildman–Crippen LogP) is 7.90. The largest absolute Gasteiger partial charge is 0.338 e. The van der Waals surface area contributed by atoms with Crippen LogP contribution in [0.2, 0.25) is 0 Å². The molecule has 0 amide bonds. The maximum absolute atomic E-state index is 4.96. The minimum absolute atomic E-state index is 0.908. The second kappa shape index (κ2) is 6.94. The summed E-state index contributed by atoms with van der Waals surface area (Å²) in [5.74, 6) is 0.908. The van der Waals surface area contributed by atoms with E-state index in [-0.39, 0.29) is 0 Å². The molecule has 8 rings (SSSR count). The summed E-state index contributed by atoms with van der Waals surface area (Å²) in [7, 11) is 0. The molecule has 7 aromatic rings. The first kappa shape index (κ1) is 18.8. The molecule has 2 heterocycles. The Labute approximate surface area is 202 Å². The van der Waals surface area contributed by atoms with Gasteiger partial charge in [-0.25, -0.2) is 4.98 Å². The van der Waals surface area contributed by atoms with Crippen LogP contribution in [0.15, 0.2) is 109 Å². The molecule has 5 aromatic carbocycles. The molecule has 35 heavy (non-hydrogen) atoms. The number of benzene rings is 5. The number of nitrogens with zero attached hydrogens (tertiary/aromatic N) is 2. The van der Waals surface area contributed by atoms with Crippen molar-refractivity contribution >= 4 is 32.8 Å². The van der Waals surface area contributed by atoms with Crippen molar-refractivity contribution in [2.75, 3.05) is 0 Å². The molecule has 3 heteroatoms. The molecule has 1 aliphatic rings. The zero-order chi connectivity index (χ0) is 22.9. The number of aromatic nitrogens is 3. The summed E-state index contributed by atoms with van der Waals surface area (Å²) in [5, 5.41) is 2.55. The van der Waals surface area contributed by atoms with Crippen molar-refractivity contribution in [1.29, 1.82) is 0 Å². The van der Waals surface area contributed by atoms with Crippen molar-refractivity contribution in [2.24, 2.45) is 0 Å². The van der Waals surface area contributed by atoms with Crippen LogP contribution in [0.25, 0.3) is 61.0 Å². The summed E-state index contributed by atoms with van der Waals surface area (Å²) in [6, 6.07) is 39.1. The average molecular weight is 448 g/mol. The minimum Gasteiger partial charge on any atom is -0.338 e. The van der Waals surface area contributed by atoms with Crippen molar-refractivity contribution in [2.45, 2.75) is 6.42 Å². The Hall–Kier alpha value is -4.63. The number of rotatable bonds is 2. The van der Waals surface area contributed by atoms with E-state index in [9.17, 15) is 0 Å². The number of para-hydroxylation sites is 2. The zero-order valence-electron chi connectivity index (χ0n) is 19.0. The van der Waals surface area contributed by atoms with Crippen molar-refractivity contribution in [3.63, 3.8) is 0 Å². The van der Waals surface area contributed by atoms with E-state index >= 15 is 0 Å². The quantitative estimate of drug-likeness (QED) is 0.287. The van der Waals surface area contributed by atoms with Gasteiger partial charge in [-0.05, 0) is 77.2 Å². The first-order valence-corrected chi connectivity index (χ1v) is 12.0. The minimum atomic E-state index is 0.908. The van der Waals surface area contributed by atoms with E-state index in [1.807, 2.05) is 0 Å². The third-order valence-electron chi connectivity index (χ3n) is 7.37. The summed E-state index contributed by atoms with van der Waals surface area (Å²) >= 11 is 0. The van der Waals surface area contributed by atoms with Crippen LogP contribution in [0.5, 0.6) is 0 Å². The van der Waals surface area contributed by atoms with Gasteiger partial charge in [0.25, 0.3) is 0 Å². The van der Waals surface area contributed by atoms with Gasteiger partial charge in [0, 0.05) is 22.0 Å². The Kier molecular flexibility index (Phi) is 3.72. The van der Waals surface area contributed by atoms with Crippen LogP contribution in [-0.2, 0) is 6.42 Å². The molecule has 1 N–H and O–H groups in total. The third kappa shape index (κ3) is 2.69. The molecule has 0 bridgehead atoms. The van der Waals surface area contributed by atoms with E-state index in [4.69, 9.17) is 4.98 Å². The first-order chi connectivity index (χ1) is 17.3. The summed E-state index contributed by atoms with van der Waals surface area (Å²) < 4.78 is 2.34. The van der Waals surface area contributed by atoms with Gasteiger partial charge in [-0.3, -0.25) is 0 Å². The molecule has 0 fully saturated rings. The van der Waals surface area contributed by atoms with E-state index in [2.05, 4.69) is 119 Å². The number of nitrogens with one attached hydrogen (secondary N) is 1. The van der Waals surface area contributed by atoms with Gasteiger partial charge in [-0.15, -0.1) is 0 Å². The number of fused-ring (bicyclic) bond motifs is 7. The first-order valence-electron chi connectivity index (χ1n) is 12.0. The Balaban J connectivity index is 1.22. The van der Waals surface area contributed by atoms with Gasteiger partial charge in [0.1, 0.15) is 5.82 Å². The highest BCUT2D eigenvalue weighted by Gasteiger charge is 2.20. The van der Waals surface area contributed by atoms with Crippen LogP contribution in [0, 0.1) is 0 Å².